The van der Waals surface area contributed by atoms with E-state index in [1.807, 2.05) is 11.3 Å². The number of nitrogens with zero attached hydrogens (tertiary/aromatic N) is 1. The van der Waals surface area contributed by atoms with E-state index in [-0.39, 0.29) is 0 Å². The summed E-state index contributed by atoms with van der Waals surface area (Å²) >= 11 is 1.87. The Hall–Kier alpha value is -7.78. The highest BCUT2D eigenvalue weighted by Gasteiger charge is 2.16. The van der Waals surface area contributed by atoms with E-state index in [0.717, 1.165) is 17.1 Å². The molecule has 0 N–H and O–H groups in total. The molecule has 62 heavy (non-hydrogen) atoms. The van der Waals surface area contributed by atoms with Crippen molar-refractivity contribution >= 4 is 48.6 Å². The zero-order valence-corrected chi connectivity index (χ0v) is 34.8. The third-order valence-electron chi connectivity index (χ3n) is 11.9. The molecule has 0 fully saturated rings. The molecule has 0 aliphatic carbocycles. The third-order valence-corrected chi connectivity index (χ3v) is 13.1. The van der Waals surface area contributed by atoms with Gasteiger partial charge in [-0.2, -0.15) is 0 Å². The van der Waals surface area contributed by atoms with Crippen LogP contribution in [0.1, 0.15) is 0 Å². The molecular weight excluding hydrogens is 767 g/mol. The van der Waals surface area contributed by atoms with Crippen molar-refractivity contribution in [2.75, 3.05) is 4.90 Å². The molecule has 0 radical (unpaired) electrons. The van der Waals surface area contributed by atoms with E-state index in [4.69, 9.17) is 0 Å². The lowest BCUT2D eigenvalue weighted by Gasteiger charge is -2.26. The summed E-state index contributed by atoms with van der Waals surface area (Å²) in [6.07, 6.45) is 0. The highest BCUT2D eigenvalue weighted by molar-refractivity contribution is 7.25. The SMILES string of the molecule is c1ccc(-c2ccc(-c3ccc(N(c4ccc(-c5ccccc5)cc4)c4ccc(-c5ccc(-c6cc7sc8ccccc8c7cc6-c6ccccc6)cc5)cc4)cc3)cc2)cc1. The lowest BCUT2D eigenvalue weighted by molar-refractivity contribution is 1.28. The van der Waals surface area contributed by atoms with E-state index in [9.17, 15) is 0 Å². The molecule has 1 aromatic heterocycles. The van der Waals surface area contributed by atoms with E-state index < -0.39 is 0 Å². The summed E-state index contributed by atoms with van der Waals surface area (Å²) < 4.78 is 2.63. The monoisotopic (exact) mass is 807 g/mol. The quantitative estimate of drug-likeness (QED) is 0.140. The second-order valence-corrected chi connectivity index (χ2v) is 16.8. The highest BCUT2D eigenvalue weighted by atomic mass is 32.1. The van der Waals surface area contributed by atoms with Crippen molar-refractivity contribution in [1.29, 1.82) is 0 Å². The minimum atomic E-state index is 1.10. The smallest absolute Gasteiger partial charge is 0.0462 e. The van der Waals surface area contributed by atoms with Gasteiger partial charge < -0.3 is 4.90 Å². The molecule has 0 saturated carbocycles. The van der Waals surface area contributed by atoms with Crippen molar-refractivity contribution in [2.24, 2.45) is 0 Å². The van der Waals surface area contributed by atoms with Crippen LogP contribution in [0.4, 0.5) is 17.1 Å². The fourth-order valence-electron chi connectivity index (χ4n) is 8.68. The van der Waals surface area contributed by atoms with Gasteiger partial charge >= 0.3 is 0 Å². The summed E-state index contributed by atoms with van der Waals surface area (Å²) in [5.41, 5.74) is 17.8. The van der Waals surface area contributed by atoms with Crippen LogP contribution in [0, 0.1) is 0 Å². The number of anilines is 3. The molecule has 0 unspecified atom stereocenters. The van der Waals surface area contributed by atoms with Crippen LogP contribution in [0.25, 0.3) is 86.9 Å². The second-order valence-electron chi connectivity index (χ2n) is 15.7. The van der Waals surface area contributed by atoms with Gasteiger partial charge in [0, 0.05) is 37.2 Å². The van der Waals surface area contributed by atoms with Crippen molar-refractivity contribution in [3.05, 3.63) is 249 Å². The number of fused-ring (bicyclic) bond motifs is 3. The molecule has 2 heteroatoms. The van der Waals surface area contributed by atoms with Gasteiger partial charge in [0.1, 0.15) is 0 Å². The molecule has 0 spiro atoms. The van der Waals surface area contributed by atoms with E-state index in [1.165, 1.54) is 86.9 Å². The topological polar surface area (TPSA) is 3.24 Å². The van der Waals surface area contributed by atoms with E-state index in [0.29, 0.717) is 0 Å². The Kier molecular flexibility index (Phi) is 9.82. The zero-order chi connectivity index (χ0) is 41.2. The Morgan fingerprint density at radius 2 is 0.532 bits per heavy atom. The molecular formula is C60H41NS. The van der Waals surface area contributed by atoms with Crippen molar-refractivity contribution in [3.63, 3.8) is 0 Å². The predicted octanol–water partition coefficient (Wildman–Crippen LogP) is 17.5. The first-order valence-corrected chi connectivity index (χ1v) is 22.0. The molecule has 11 aromatic rings. The zero-order valence-electron chi connectivity index (χ0n) is 34.0. The number of hydrogen-bond acceptors (Lipinski definition) is 2. The first-order chi connectivity index (χ1) is 30.7. The highest BCUT2D eigenvalue weighted by Crippen LogP contribution is 2.43. The van der Waals surface area contributed by atoms with Gasteiger partial charge in [0.25, 0.3) is 0 Å². The molecule has 0 amide bonds. The predicted molar refractivity (Wildman–Crippen MR) is 267 cm³/mol. The van der Waals surface area contributed by atoms with Crippen LogP contribution < -0.4 is 4.90 Å². The standard InChI is InChI=1S/C60H41NS/c1-4-12-42(13-5-1)44-20-22-45(23-21-44)48-30-36-53(37-31-48)61(52-34-28-47(29-35-52)43-14-6-2-7-15-43)54-38-32-49(33-39-54)46-24-26-51(27-25-46)57-41-60-58(55-18-10-11-19-59(55)62-60)40-56(57)50-16-8-3-9-17-50/h1-41H. The van der Waals surface area contributed by atoms with Gasteiger partial charge in [-0.05, 0) is 121 Å². The van der Waals surface area contributed by atoms with E-state index in [1.54, 1.807) is 0 Å². The Balaban J connectivity index is 0.912. The normalized spacial score (nSPS) is 11.2. The molecule has 11 rings (SSSR count). The minimum Gasteiger partial charge on any atom is -0.311 e. The van der Waals surface area contributed by atoms with Crippen LogP contribution in [0.15, 0.2) is 249 Å². The Morgan fingerprint density at radius 3 is 0.968 bits per heavy atom. The van der Waals surface area contributed by atoms with Crippen LogP contribution in [-0.4, -0.2) is 0 Å². The van der Waals surface area contributed by atoms with Gasteiger partial charge in [-0.3, -0.25) is 0 Å². The van der Waals surface area contributed by atoms with E-state index in [2.05, 4.69) is 254 Å². The largest absolute Gasteiger partial charge is 0.311 e. The molecule has 0 saturated heterocycles. The average Bonchev–Trinajstić information content (AvgIpc) is 3.73. The molecule has 1 heterocycles. The fourth-order valence-corrected chi connectivity index (χ4v) is 9.81. The van der Waals surface area contributed by atoms with Gasteiger partial charge in [0.2, 0.25) is 0 Å². The maximum Gasteiger partial charge on any atom is 0.0462 e. The molecule has 0 bridgehead atoms. The maximum atomic E-state index is 2.39. The summed E-state index contributed by atoms with van der Waals surface area (Å²) in [6.45, 7) is 0. The van der Waals surface area contributed by atoms with Gasteiger partial charge in [0.15, 0.2) is 0 Å². The minimum absolute atomic E-state index is 1.10. The summed E-state index contributed by atoms with van der Waals surface area (Å²) in [5, 5.41) is 2.63. The lowest BCUT2D eigenvalue weighted by Crippen LogP contribution is -2.09. The molecule has 0 aliphatic rings. The average molecular weight is 808 g/mol. The number of benzene rings is 10. The van der Waals surface area contributed by atoms with Crippen molar-refractivity contribution < 1.29 is 0 Å². The van der Waals surface area contributed by atoms with Crippen LogP contribution in [0.3, 0.4) is 0 Å². The van der Waals surface area contributed by atoms with Gasteiger partial charge in [-0.25, -0.2) is 0 Å². The Labute approximate surface area is 367 Å². The lowest BCUT2D eigenvalue weighted by atomic mass is 9.92. The fraction of sp³-hybridized carbons (Fsp3) is 0. The number of rotatable bonds is 9. The molecule has 0 aliphatic heterocycles. The summed E-state index contributed by atoms with van der Waals surface area (Å²) in [4.78, 5) is 2.35. The summed E-state index contributed by atoms with van der Waals surface area (Å²) in [7, 11) is 0. The van der Waals surface area contributed by atoms with Crippen LogP contribution >= 0.6 is 11.3 Å². The van der Waals surface area contributed by atoms with Crippen LogP contribution in [0.2, 0.25) is 0 Å². The van der Waals surface area contributed by atoms with Gasteiger partial charge in [-0.15, -0.1) is 11.3 Å². The first-order valence-electron chi connectivity index (χ1n) is 21.2. The summed E-state index contributed by atoms with van der Waals surface area (Å²) in [5.74, 6) is 0. The second kappa shape index (κ2) is 16.3. The van der Waals surface area contributed by atoms with Crippen molar-refractivity contribution in [2.45, 2.75) is 0 Å². The Bertz CT molecular complexity index is 3260. The van der Waals surface area contributed by atoms with Gasteiger partial charge in [0.05, 0.1) is 0 Å². The van der Waals surface area contributed by atoms with Gasteiger partial charge in [-0.1, -0.05) is 194 Å². The molecule has 0 atom stereocenters. The van der Waals surface area contributed by atoms with Crippen molar-refractivity contribution in [3.8, 4) is 66.8 Å². The van der Waals surface area contributed by atoms with Crippen LogP contribution in [-0.2, 0) is 0 Å². The molecule has 1 nitrogen and oxygen atoms in total. The first kappa shape index (κ1) is 37.2. The molecule has 292 valence electrons. The number of hydrogen-bond donors (Lipinski definition) is 0. The maximum absolute atomic E-state index is 2.39. The van der Waals surface area contributed by atoms with Crippen molar-refractivity contribution in [1.82, 2.24) is 0 Å². The summed E-state index contributed by atoms with van der Waals surface area (Å²) in [6, 6.07) is 90.2. The van der Waals surface area contributed by atoms with Crippen LogP contribution in [0.5, 0.6) is 0 Å². The molecule has 10 aromatic carbocycles. The third kappa shape index (κ3) is 7.28. The Morgan fingerprint density at radius 1 is 0.226 bits per heavy atom. The van der Waals surface area contributed by atoms with E-state index >= 15 is 0 Å². The number of thiophene rings is 1.